The molecule has 0 radical (unpaired) electrons. The fraction of sp³-hybridized carbons (Fsp3) is 0.833. The molecule has 1 saturated heterocycles. The molecule has 1 aliphatic rings. The number of hydrogen-bond acceptors (Lipinski definition) is 1. The Hall–Kier alpha value is -0.570. The van der Waals surface area contributed by atoms with Crippen LogP contribution in [0.5, 0.6) is 0 Å². The van der Waals surface area contributed by atoms with Crippen molar-refractivity contribution in [2.75, 3.05) is 6.54 Å². The summed E-state index contributed by atoms with van der Waals surface area (Å²) in [5, 5.41) is 11.6. The van der Waals surface area contributed by atoms with Gasteiger partial charge in [-0.2, -0.15) is 0 Å². The maximum atomic E-state index is 8.63. The van der Waals surface area contributed by atoms with Gasteiger partial charge in [0.25, 0.3) is 0 Å². The Balaban J connectivity index is 2.49. The van der Waals surface area contributed by atoms with E-state index in [1.807, 2.05) is 6.92 Å². The fourth-order valence-electron chi connectivity index (χ4n) is 1.18. The number of hydrogen-bond donors (Lipinski definition) is 2. The lowest BCUT2D eigenvalue weighted by Crippen LogP contribution is -2.34. The average Bonchev–Trinajstić information content (AvgIpc) is 2.13. The van der Waals surface area contributed by atoms with Crippen LogP contribution in [0.15, 0.2) is 0 Å². The van der Waals surface area contributed by atoms with Gasteiger partial charge in [0.05, 0.1) is 0 Å². The second-order valence-electron chi connectivity index (χ2n) is 2.56. The fourth-order valence-corrected chi connectivity index (χ4v) is 1.18. The summed E-state index contributed by atoms with van der Waals surface area (Å²) < 4.78 is 0. The Bertz CT molecular complexity index is 124. The van der Waals surface area contributed by atoms with E-state index in [9.17, 15) is 0 Å². The first-order valence-corrected chi connectivity index (χ1v) is 3.20. The number of carboxylic acids is 1. The summed E-state index contributed by atoms with van der Waals surface area (Å²) >= 11 is 0. The molecular weight excluding hydrogens is 118 g/mol. The first kappa shape index (κ1) is 6.55. The maximum absolute atomic E-state index is 8.63. The molecule has 0 unspecified atom stereocenters. The highest BCUT2D eigenvalue weighted by Gasteiger charge is 2.33. The van der Waals surface area contributed by atoms with E-state index in [2.05, 4.69) is 5.32 Å². The molecule has 0 spiro atoms. The van der Waals surface area contributed by atoms with Gasteiger partial charge in [0.15, 0.2) is 6.04 Å². The highest BCUT2D eigenvalue weighted by Crippen LogP contribution is 2.13. The largest absolute Gasteiger partial charge is 0.498 e. The molecule has 1 rings (SSSR count). The highest BCUT2D eigenvalue weighted by atomic mass is 16.4. The van der Waals surface area contributed by atoms with Crippen LogP contribution in [0.1, 0.15) is 13.3 Å². The highest BCUT2D eigenvalue weighted by molar-refractivity contribution is 5.75. The Labute approximate surface area is 54.1 Å². The van der Waals surface area contributed by atoms with Crippen LogP contribution in [0.4, 0.5) is 0 Å². The third-order valence-electron chi connectivity index (χ3n) is 1.81. The van der Waals surface area contributed by atoms with Gasteiger partial charge in [-0.25, -0.2) is 0 Å². The molecule has 3 heteroatoms. The van der Waals surface area contributed by atoms with E-state index in [1.165, 1.54) is 0 Å². The normalized spacial score (nSPS) is 34.8. The molecule has 0 aliphatic carbocycles. The molecule has 0 amide bonds. The van der Waals surface area contributed by atoms with Gasteiger partial charge in [-0.15, -0.1) is 0 Å². The van der Waals surface area contributed by atoms with Crippen molar-refractivity contribution >= 4 is 5.97 Å². The van der Waals surface area contributed by atoms with Gasteiger partial charge in [0.2, 0.25) is 0 Å². The summed E-state index contributed by atoms with van der Waals surface area (Å²) in [4.78, 5) is 8.63. The van der Waals surface area contributed by atoms with Crippen LogP contribution in [0.25, 0.3) is 0 Å². The van der Waals surface area contributed by atoms with Crippen molar-refractivity contribution in [2.24, 2.45) is 5.92 Å². The van der Waals surface area contributed by atoms with Crippen molar-refractivity contribution in [3.05, 3.63) is 0 Å². The first-order chi connectivity index (χ1) is 4.22. The minimum absolute atomic E-state index is 0.190. The molecule has 0 bridgehead atoms. The Morgan fingerprint density at radius 3 is 2.67 bits per heavy atom. The molecule has 52 valence electrons. The molecule has 3 N–H and O–H groups in total. The van der Waals surface area contributed by atoms with Crippen molar-refractivity contribution in [3.8, 4) is 0 Å². The van der Waals surface area contributed by atoms with Gasteiger partial charge in [0, 0.05) is 0 Å². The van der Waals surface area contributed by atoms with Crippen molar-refractivity contribution in [1.82, 2.24) is 5.32 Å². The second-order valence-corrected chi connectivity index (χ2v) is 2.56. The molecule has 9 heavy (non-hydrogen) atoms. The summed E-state index contributed by atoms with van der Waals surface area (Å²) in [6.07, 6.45) is 1.02. The zero-order valence-electron chi connectivity index (χ0n) is 5.46. The third kappa shape index (κ3) is 1.21. The van der Waals surface area contributed by atoms with Crippen LogP contribution in [-0.4, -0.2) is 28.5 Å². The van der Waals surface area contributed by atoms with Gasteiger partial charge >= 0.3 is 5.97 Å². The minimum Gasteiger partial charge on any atom is -0.338 e. The number of aliphatic hydroxyl groups excluding tert-OH is 1. The van der Waals surface area contributed by atoms with E-state index in [4.69, 9.17) is 9.90 Å². The van der Waals surface area contributed by atoms with E-state index in [1.54, 1.807) is 0 Å². The minimum atomic E-state index is -0.472. The van der Waals surface area contributed by atoms with Crippen molar-refractivity contribution in [2.45, 2.75) is 19.4 Å². The lowest BCUT2D eigenvalue weighted by Gasteiger charge is -2.03. The summed E-state index contributed by atoms with van der Waals surface area (Å²) in [5.41, 5.74) is 0. The summed E-state index contributed by atoms with van der Waals surface area (Å²) in [6, 6.07) is -0.190. The van der Waals surface area contributed by atoms with Crippen LogP contribution in [-0.2, 0) is 0 Å². The molecule has 0 aromatic heterocycles. The topological polar surface area (TPSA) is 53.7 Å². The standard InChI is InChI=1S/C6H11NO2/c1-4-2-3-7-5(4)6(8)9/h4-5,7H,2-3H2,1H3,(H,8,9)/p+1/t4-,5-/m0/s1. The zero-order valence-corrected chi connectivity index (χ0v) is 5.46. The molecule has 1 fully saturated rings. The van der Waals surface area contributed by atoms with Crippen LogP contribution in [0.2, 0.25) is 0 Å². The predicted molar refractivity (Wildman–Crippen MR) is 35.1 cm³/mol. The third-order valence-corrected chi connectivity index (χ3v) is 1.81. The van der Waals surface area contributed by atoms with Crippen LogP contribution >= 0.6 is 0 Å². The van der Waals surface area contributed by atoms with Gasteiger partial charge in [-0.05, 0) is 18.9 Å². The Morgan fingerprint density at radius 1 is 1.78 bits per heavy atom. The molecule has 2 atom stereocenters. The first-order valence-electron chi connectivity index (χ1n) is 3.20. The zero-order chi connectivity index (χ0) is 6.85. The van der Waals surface area contributed by atoms with E-state index < -0.39 is 5.97 Å². The molecule has 3 nitrogen and oxygen atoms in total. The second kappa shape index (κ2) is 2.35. The molecule has 0 aromatic carbocycles. The van der Waals surface area contributed by atoms with Crippen LogP contribution in [0, 0.1) is 5.92 Å². The molecule has 0 saturated carbocycles. The van der Waals surface area contributed by atoms with E-state index in [0.29, 0.717) is 5.92 Å². The van der Waals surface area contributed by atoms with E-state index in [-0.39, 0.29) is 6.04 Å². The monoisotopic (exact) mass is 130 g/mol. The van der Waals surface area contributed by atoms with Crippen molar-refractivity contribution < 1.29 is 9.90 Å². The predicted octanol–water partition coefficient (Wildman–Crippen LogP) is 0.0448. The van der Waals surface area contributed by atoms with Gasteiger partial charge in [-0.1, -0.05) is 6.92 Å². The average molecular weight is 130 g/mol. The van der Waals surface area contributed by atoms with E-state index >= 15 is 0 Å². The van der Waals surface area contributed by atoms with Crippen molar-refractivity contribution in [3.63, 3.8) is 0 Å². The summed E-state index contributed by atoms with van der Waals surface area (Å²) in [6.45, 7) is 2.88. The quantitative estimate of drug-likeness (QED) is 0.492. The number of carboxylic acid groups (broad SMARTS) is 1. The molecule has 0 aromatic rings. The lowest BCUT2D eigenvalue weighted by atomic mass is 10.0. The molecule has 1 aliphatic heterocycles. The summed E-state index contributed by atoms with van der Waals surface area (Å²) in [7, 11) is 0. The van der Waals surface area contributed by atoms with Crippen LogP contribution < -0.4 is 5.32 Å². The van der Waals surface area contributed by atoms with Crippen LogP contribution in [0.3, 0.4) is 0 Å². The van der Waals surface area contributed by atoms with E-state index in [0.717, 1.165) is 13.0 Å². The number of nitrogens with one attached hydrogen (secondary N) is 1. The number of rotatable bonds is 1. The molecule has 1 heterocycles. The maximum Gasteiger partial charge on any atom is 0.498 e. The summed E-state index contributed by atoms with van der Waals surface area (Å²) in [5.74, 6) is -0.116. The molecular formula is C6H12NO2+. The van der Waals surface area contributed by atoms with Gasteiger partial charge < -0.3 is 9.90 Å². The van der Waals surface area contributed by atoms with Gasteiger partial charge in [-0.3, -0.25) is 5.32 Å². The Kier molecular flexibility index (Phi) is 1.71. The number of aliphatic carboxylic acids is 1. The SMILES string of the molecule is C[C@H]1CCN[C@@H]1C(O)=[OH+]. The lowest BCUT2D eigenvalue weighted by molar-refractivity contribution is 0.390. The van der Waals surface area contributed by atoms with Gasteiger partial charge in [0.1, 0.15) is 0 Å². The van der Waals surface area contributed by atoms with Crippen molar-refractivity contribution in [1.29, 1.82) is 0 Å². The smallest absolute Gasteiger partial charge is 0.338 e. The Morgan fingerprint density at radius 2 is 2.44 bits per heavy atom.